The fourth-order valence-corrected chi connectivity index (χ4v) is 5.02. The van der Waals surface area contributed by atoms with Gasteiger partial charge in [0.15, 0.2) is 0 Å². The number of ether oxygens (including phenoxy) is 1. The zero-order chi connectivity index (χ0) is 17.4. The smallest absolute Gasteiger partial charge is 0.252 e. The molecule has 1 aromatic rings. The van der Waals surface area contributed by atoms with E-state index in [4.69, 9.17) is 4.74 Å². The molecule has 1 saturated carbocycles. The molecule has 0 aliphatic heterocycles. The molecule has 1 aliphatic carbocycles. The largest absolute Gasteiger partial charge is 0.378 e. The van der Waals surface area contributed by atoms with E-state index in [0.29, 0.717) is 19.3 Å². The van der Waals surface area contributed by atoms with Crippen LogP contribution in [0.15, 0.2) is 21.7 Å². The highest BCUT2D eigenvalue weighted by Crippen LogP contribution is 2.20. The Morgan fingerprint density at radius 3 is 2.79 bits per heavy atom. The molecule has 0 unspecified atom stereocenters. The SMILES string of the molecule is CN(CC(=O)NCCCOC1CCCCC1)S(=O)(=O)c1cccs1. The van der Waals surface area contributed by atoms with Gasteiger partial charge in [0, 0.05) is 20.2 Å². The van der Waals surface area contributed by atoms with Gasteiger partial charge in [-0.25, -0.2) is 8.42 Å². The number of hydrogen-bond donors (Lipinski definition) is 1. The number of nitrogens with zero attached hydrogens (tertiary/aromatic N) is 1. The molecule has 136 valence electrons. The van der Waals surface area contributed by atoms with Gasteiger partial charge in [0.05, 0.1) is 12.6 Å². The molecule has 0 bridgehead atoms. The number of rotatable bonds is 9. The first kappa shape index (κ1) is 19.4. The predicted molar refractivity (Wildman–Crippen MR) is 94.6 cm³/mol. The van der Waals surface area contributed by atoms with E-state index in [2.05, 4.69) is 5.32 Å². The van der Waals surface area contributed by atoms with Crippen LogP contribution >= 0.6 is 11.3 Å². The molecule has 0 radical (unpaired) electrons. The molecular weight excluding hydrogens is 348 g/mol. The molecule has 6 nitrogen and oxygen atoms in total. The fraction of sp³-hybridized carbons (Fsp3) is 0.688. The highest BCUT2D eigenvalue weighted by molar-refractivity contribution is 7.91. The standard InChI is InChI=1S/C16H26N2O4S2/c1-18(24(20,21)16-9-5-12-23-16)13-15(19)17-10-6-11-22-14-7-3-2-4-8-14/h5,9,12,14H,2-4,6-8,10-11,13H2,1H3,(H,17,19). The molecule has 24 heavy (non-hydrogen) atoms. The van der Waals surface area contributed by atoms with Gasteiger partial charge in [0.2, 0.25) is 5.91 Å². The summed E-state index contributed by atoms with van der Waals surface area (Å²) in [6, 6.07) is 3.22. The summed E-state index contributed by atoms with van der Waals surface area (Å²) in [6.07, 6.45) is 7.17. The maximum absolute atomic E-state index is 12.2. The number of carbonyl (C=O) groups excluding carboxylic acids is 1. The Balaban J connectivity index is 1.62. The van der Waals surface area contributed by atoms with E-state index in [9.17, 15) is 13.2 Å². The minimum atomic E-state index is -3.57. The molecular formula is C16H26N2O4S2. The second kappa shape index (κ2) is 9.50. The Morgan fingerprint density at radius 1 is 1.38 bits per heavy atom. The minimum Gasteiger partial charge on any atom is -0.378 e. The van der Waals surface area contributed by atoms with Crippen molar-refractivity contribution in [3.05, 3.63) is 17.5 Å². The van der Waals surface area contributed by atoms with Crippen molar-refractivity contribution in [1.29, 1.82) is 0 Å². The van der Waals surface area contributed by atoms with Crippen LogP contribution in [-0.4, -0.2) is 51.5 Å². The molecule has 1 aliphatic rings. The third kappa shape index (κ3) is 5.84. The first-order valence-electron chi connectivity index (χ1n) is 8.38. The normalized spacial score (nSPS) is 16.4. The van der Waals surface area contributed by atoms with Crippen LogP contribution in [0.3, 0.4) is 0 Å². The molecule has 1 fully saturated rings. The van der Waals surface area contributed by atoms with E-state index in [0.717, 1.165) is 34.9 Å². The molecule has 0 atom stereocenters. The van der Waals surface area contributed by atoms with Crippen molar-refractivity contribution in [2.75, 3.05) is 26.7 Å². The van der Waals surface area contributed by atoms with Crippen molar-refractivity contribution >= 4 is 27.3 Å². The number of amides is 1. The van der Waals surface area contributed by atoms with Gasteiger partial charge in [0.25, 0.3) is 10.0 Å². The Labute approximate surface area is 148 Å². The summed E-state index contributed by atoms with van der Waals surface area (Å²) >= 11 is 1.15. The van der Waals surface area contributed by atoms with Crippen LogP contribution in [0.5, 0.6) is 0 Å². The van der Waals surface area contributed by atoms with Crippen molar-refractivity contribution in [3.8, 4) is 0 Å². The summed E-state index contributed by atoms with van der Waals surface area (Å²) in [4.78, 5) is 11.9. The number of likely N-dealkylation sites (N-methyl/N-ethyl adjacent to an activating group) is 1. The van der Waals surface area contributed by atoms with E-state index < -0.39 is 10.0 Å². The lowest BCUT2D eigenvalue weighted by Crippen LogP contribution is -2.38. The van der Waals surface area contributed by atoms with Gasteiger partial charge in [-0.15, -0.1) is 11.3 Å². The lowest BCUT2D eigenvalue weighted by molar-refractivity contribution is -0.121. The van der Waals surface area contributed by atoms with Crippen LogP contribution in [-0.2, 0) is 19.6 Å². The molecule has 8 heteroatoms. The van der Waals surface area contributed by atoms with E-state index >= 15 is 0 Å². The van der Waals surface area contributed by atoms with Gasteiger partial charge in [-0.3, -0.25) is 4.79 Å². The summed E-state index contributed by atoms with van der Waals surface area (Å²) < 4.78 is 31.6. The van der Waals surface area contributed by atoms with E-state index in [1.165, 1.54) is 32.4 Å². The zero-order valence-corrected chi connectivity index (χ0v) is 15.7. The lowest BCUT2D eigenvalue weighted by atomic mass is 9.98. The van der Waals surface area contributed by atoms with Gasteiger partial charge in [-0.2, -0.15) is 4.31 Å². The van der Waals surface area contributed by atoms with Gasteiger partial charge in [-0.05, 0) is 30.7 Å². The lowest BCUT2D eigenvalue weighted by Gasteiger charge is -2.22. The van der Waals surface area contributed by atoms with Gasteiger partial charge < -0.3 is 10.1 Å². The molecule has 1 amide bonds. The van der Waals surface area contributed by atoms with Gasteiger partial charge >= 0.3 is 0 Å². The van der Waals surface area contributed by atoms with Crippen LogP contribution in [0.4, 0.5) is 0 Å². The molecule has 1 heterocycles. The Kier molecular flexibility index (Phi) is 7.67. The first-order valence-corrected chi connectivity index (χ1v) is 10.7. The van der Waals surface area contributed by atoms with Gasteiger partial charge in [0.1, 0.15) is 4.21 Å². The van der Waals surface area contributed by atoms with Crippen molar-refractivity contribution in [2.24, 2.45) is 0 Å². The van der Waals surface area contributed by atoms with Crippen LogP contribution < -0.4 is 5.32 Å². The van der Waals surface area contributed by atoms with Crippen molar-refractivity contribution in [1.82, 2.24) is 9.62 Å². The fourth-order valence-electron chi connectivity index (χ4n) is 2.69. The van der Waals surface area contributed by atoms with Gasteiger partial charge in [-0.1, -0.05) is 25.3 Å². The highest BCUT2D eigenvalue weighted by atomic mass is 32.2. The second-order valence-corrected chi connectivity index (χ2v) is 9.25. The topological polar surface area (TPSA) is 75.7 Å². The number of nitrogens with one attached hydrogen (secondary N) is 1. The number of sulfonamides is 1. The third-order valence-corrected chi connectivity index (χ3v) is 7.25. The summed E-state index contributed by atoms with van der Waals surface area (Å²) in [5, 5.41) is 4.45. The monoisotopic (exact) mass is 374 g/mol. The highest BCUT2D eigenvalue weighted by Gasteiger charge is 2.23. The number of hydrogen-bond acceptors (Lipinski definition) is 5. The Morgan fingerprint density at radius 2 is 2.12 bits per heavy atom. The average molecular weight is 375 g/mol. The van der Waals surface area contributed by atoms with Crippen LogP contribution in [0, 0.1) is 0 Å². The summed E-state index contributed by atoms with van der Waals surface area (Å²) in [5.41, 5.74) is 0. The molecule has 1 aromatic heterocycles. The van der Waals surface area contributed by atoms with Crippen LogP contribution in [0.2, 0.25) is 0 Å². The second-order valence-electron chi connectivity index (χ2n) is 6.03. The van der Waals surface area contributed by atoms with Crippen LogP contribution in [0.1, 0.15) is 38.5 Å². The summed E-state index contributed by atoms with van der Waals surface area (Å²) in [7, 11) is -2.16. The molecule has 0 aromatic carbocycles. The first-order chi connectivity index (χ1) is 11.5. The van der Waals surface area contributed by atoms with Crippen molar-refractivity contribution in [3.63, 3.8) is 0 Å². The van der Waals surface area contributed by atoms with E-state index in [-0.39, 0.29) is 16.7 Å². The minimum absolute atomic E-state index is 0.177. The average Bonchev–Trinajstić information content (AvgIpc) is 3.10. The number of thiophene rings is 1. The number of carbonyl (C=O) groups is 1. The maximum atomic E-state index is 12.2. The van der Waals surface area contributed by atoms with E-state index in [1.807, 2.05) is 0 Å². The molecule has 1 N–H and O–H groups in total. The molecule has 0 saturated heterocycles. The summed E-state index contributed by atoms with van der Waals surface area (Å²) in [6.45, 7) is 0.955. The van der Waals surface area contributed by atoms with Crippen molar-refractivity contribution in [2.45, 2.75) is 48.8 Å². The predicted octanol–water partition coefficient (Wildman–Crippen LogP) is 2.22. The van der Waals surface area contributed by atoms with Crippen molar-refractivity contribution < 1.29 is 17.9 Å². The summed E-state index contributed by atoms with van der Waals surface area (Å²) in [5.74, 6) is -0.296. The zero-order valence-electron chi connectivity index (χ0n) is 14.1. The van der Waals surface area contributed by atoms with E-state index in [1.54, 1.807) is 11.4 Å². The van der Waals surface area contributed by atoms with Crippen LogP contribution in [0.25, 0.3) is 0 Å². The quantitative estimate of drug-likeness (QED) is 0.673. The maximum Gasteiger partial charge on any atom is 0.252 e. The Bertz CT molecular complexity index is 596. The molecule has 0 spiro atoms. The third-order valence-electron chi connectivity index (χ3n) is 4.07. The molecule has 2 rings (SSSR count). The Hall–Kier alpha value is -0.960.